The van der Waals surface area contributed by atoms with Gasteiger partial charge in [0.2, 0.25) is 0 Å². The first-order valence-corrected chi connectivity index (χ1v) is 14.1. The van der Waals surface area contributed by atoms with Crippen molar-refractivity contribution in [2.24, 2.45) is 5.41 Å². The molecule has 2 bridgehead atoms. The summed E-state index contributed by atoms with van der Waals surface area (Å²) in [6.45, 7) is 1.94. The molecule has 202 valence electrons. The van der Waals surface area contributed by atoms with Gasteiger partial charge in [0.1, 0.15) is 5.75 Å². The molecule has 3 aromatic carbocycles. The molecule has 1 saturated carbocycles. The van der Waals surface area contributed by atoms with Crippen molar-refractivity contribution >= 4 is 44.3 Å². The van der Waals surface area contributed by atoms with E-state index in [1.54, 1.807) is 7.11 Å². The van der Waals surface area contributed by atoms with Gasteiger partial charge in [-0.05, 0) is 68.0 Å². The predicted octanol–water partition coefficient (Wildman–Crippen LogP) is 7.19. The number of para-hydroxylation sites is 1. The third-order valence-electron chi connectivity index (χ3n) is 8.57. The van der Waals surface area contributed by atoms with Crippen LogP contribution >= 0.6 is 15.9 Å². The highest BCUT2D eigenvalue weighted by Gasteiger charge is 2.54. The first-order chi connectivity index (χ1) is 19.3. The Morgan fingerprint density at radius 3 is 2.38 bits per heavy atom. The Hall–Kier alpha value is -3.97. The third-order valence-corrected chi connectivity index (χ3v) is 9.07. The van der Waals surface area contributed by atoms with E-state index in [4.69, 9.17) is 9.72 Å². The summed E-state index contributed by atoms with van der Waals surface area (Å²) in [6, 6.07) is 23.3. The molecule has 1 amide bonds. The molecule has 0 aliphatic heterocycles. The number of hydrogen-bond acceptors (Lipinski definition) is 4. The molecule has 0 atom stereocenters. The molecule has 0 radical (unpaired) electrons. The van der Waals surface area contributed by atoms with Gasteiger partial charge in [-0.2, -0.15) is 0 Å². The molecule has 4 aromatic rings. The fourth-order valence-corrected chi connectivity index (χ4v) is 6.76. The van der Waals surface area contributed by atoms with Crippen LogP contribution in [0.5, 0.6) is 5.75 Å². The average Bonchev–Trinajstić information content (AvgIpc) is 2.97. The van der Waals surface area contributed by atoms with E-state index >= 15 is 0 Å². The van der Waals surface area contributed by atoms with Gasteiger partial charge in [-0.1, -0.05) is 70.5 Å². The number of nitrogens with one attached hydrogen (secondary N) is 1. The van der Waals surface area contributed by atoms with Crippen LogP contribution in [-0.2, 0) is 4.79 Å². The highest BCUT2D eigenvalue weighted by Crippen LogP contribution is 2.55. The van der Waals surface area contributed by atoms with Crippen LogP contribution in [0.1, 0.15) is 47.2 Å². The van der Waals surface area contributed by atoms with Gasteiger partial charge in [0.25, 0.3) is 5.91 Å². The van der Waals surface area contributed by atoms with E-state index in [1.807, 2.05) is 85.8 Å². The predicted molar refractivity (Wildman–Crippen MR) is 159 cm³/mol. The first-order valence-electron chi connectivity index (χ1n) is 13.3. The maximum atomic E-state index is 14.4. The molecule has 6 nitrogen and oxygen atoms in total. The molecule has 3 aliphatic rings. The number of carbonyl (C=O) groups excluding carboxylic acids is 1. The summed E-state index contributed by atoms with van der Waals surface area (Å²) in [5.74, 6) is -0.380. The lowest BCUT2D eigenvalue weighted by Gasteiger charge is -2.51. The van der Waals surface area contributed by atoms with Crippen LogP contribution in [0.2, 0.25) is 0 Å². The van der Waals surface area contributed by atoms with Crippen molar-refractivity contribution in [1.29, 1.82) is 0 Å². The summed E-state index contributed by atoms with van der Waals surface area (Å²) in [4.78, 5) is 31.8. The van der Waals surface area contributed by atoms with Crippen LogP contribution in [0, 0.1) is 12.3 Å². The number of aliphatic carboxylic acids is 1. The second kappa shape index (κ2) is 9.89. The summed E-state index contributed by atoms with van der Waals surface area (Å²) < 4.78 is 6.53. The van der Waals surface area contributed by atoms with Crippen molar-refractivity contribution in [1.82, 2.24) is 10.3 Å². The smallest absolute Gasteiger partial charge is 0.313 e. The molecule has 7 rings (SSSR count). The van der Waals surface area contributed by atoms with E-state index in [2.05, 4.69) is 21.2 Å². The second-order valence-corrected chi connectivity index (χ2v) is 11.7. The van der Waals surface area contributed by atoms with Crippen molar-refractivity contribution in [2.75, 3.05) is 7.11 Å². The Bertz CT molecular complexity index is 1690. The number of pyridine rings is 1. The minimum Gasteiger partial charge on any atom is -0.496 e. The maximum absolute atomic E-state index is 14.4. The van der Waals surface area contributed by atoms with E-state index in [-0.39, 0.29) is 5.91 Å². The van der Waals surface area contributed by atoms with Gasteiger partial charge in [-0.3, -0.25) is 9.59 Å². The molecule has 40 heavy (non-hydrogen) atoms. The van der Waals surface area contributed by atoms with Gasteiger partial charge >= 0.3 is 5.97 Å². The first kappa shape index (κ1) is 26.3. The fourth-order valence-electron chi connectivity index (χ4n) is 6.40. The number of ether oxygens (including phenoxy) is 1. The van der Waals surface area contributed by atoms with Crippen LogP contribution in [0.3, 0.4) is 0 Å². The number of rotatable bonds is 6. The quantitative estimate of drug-likeness (QED) is 0.246. The number of halogens is 1. The lowest BCUT2D eigenvalue weighted by Crippen LogP contribution is -2.57. The molecule has 0 saturated heterocycles. The third kappa shape index (κ3) is 4.20. The zero-order valence-corrected chi connectivity index (χ0v) is 23.9. The highest BCUT2D eigenvalue weighted by molar-refractivity contribution is 9.10. The Morgan fingerprint density at radius 2 is 1.68 bits per heavy atom. The zero-order chi connectivity index (χ0) is 28.1. The summed E-state index contributed by atoms with van der Waals surface area (Å²) in [5, 5.41) is 14.4. The Labute approximate surface area is 241 Å². The van der Waals surface area contributed by atoms with Gasteiger partial charge < -0.3 is 15.2 Å². The summed E-state index contributed by atoms with van der Waals surface area (Å²) in [6.07, 6.45) is 3.82. The van der Waals surface area contributed by atoms with Gasteiger partial charge in [0, 0.05) is 21.0 Å². The van der Waals surface area contributed by atoms with Crippen molar-refractivity contribution < 1.29 is 19.4 Å². The molecule has 0 unspecified atom stereocenters. The minimum atomic E-state index is -0.951. The molecular formula is C33H29BrN2O4. The molecule has 3 aliphatic carbocycles. The van der Waals surface area contributed by atoms with Crippen LogP contribution in [0.15, 0.2) is 83.3 Å². The molecule has 1 aromatic heterocycles. The van der Waals surface area contributed by atoms with E-state index in [0.29, 0.717) is 37.0 Å². The number of carboxylic acid groups (broad SMARTS) is 1. The lowest BCUT2D eigenvalue weighted by molar-refractivity contribution is -0.148. The van der Waals surface area contributed by atoms with Crippen molar-refractivity contribution in [3.05, 3.63) is 100 Å². The van der Waals surface area contributed by atoms with Crippen molar-refractivity contribution in [3.63, 3.8) is 0 Å². The van der Waals surface area contributed by atoms with E-state index < -0.39 is 16.9 Å². The number of benzene rings is 3. The van der Waals surface area contributed by atoms with Crippen LogP contribution in [0.4, 0.5) is 0 Å². The zero-order valence-electron chi connectivity index (χ0n) is 22.3. The second-order valence-electron chi connectivity index (χ2n) is 10.7. The number of carbonyl (C=O) groups is 2. The Morgan fingerprint density at radius 1 is 0.975 bits per heavy atom. The number of fused-ring (bicyclic) bond motifs is 3. The standard InChI is InChI=1S/C33H29BrN2O4/c1-20-28(24-18-22(34)12-13-26(24)35-29(20)21-8-4-3-5-9-21)30(37)36-33-16-14-32(15-17-33,31(38)39)19-25(33)23-10-6-7-11-27(23)40-2/h3-13,18-19H,14-17H2,1-2H3,(H,36,37)(H,38,39). The van der Waals surface area contributed by atoms with Gasteiger partial charge in [-0.15, -0.1) is 0 Å². The normalized spacial score (nSPS) is 21.6. The van der Waals surface area contributed by atoms with E-state index in [0.717, 1.165) is 43.3 Å². The molecule has 1 fully saturated rings. The SMILES string of the molecule is COc1ccccc1C1=CC2(C(=O)O)CCC1(NC(=O)c1c(C)c(-c3ccccc3)nc3ccc(Br)cc13)CC2. The highest BCUT2D eigenvalue weighted by atomic mass is 79.9. The number of aromatic nitrogens is 1. The number of methoxy groups -OCH3 is 1. The lowest BCUT2D eigenvalue weighted by atomic mass is 9.57. The molecule has 7 heteroatoms. The molecule has 2 N–H and O–H groups in total. The largest absolute Gasteiger partial charge is 0.496 e. The van der Waals surface area contributed by atoms with Gasteiger partial charge in [0.15, 0.2) is 0 Å². The molecular weight excluding hydrogens is 568 g/mol. The van der Waals surface area contributed by atoms with Gasteiger partial charge in [0.05, 0.1) is 34.8 Å². The number of amides is 1. The maximum Gasteiger partial charge on any atom is 0.313 e. The van der Waals surface area contributed by atoms with Crippen LogP contribution in [0.25, 0.3) is 27.7 Å². The Kier molecular flexibility index (Phi) is 6.50. The topological polar surface area (TPSA) is 88.5 Å². The number of nitrogens with zero attached hydrogens (tertiary/aromatic N) is 1. The van der Waals surface area contributed by atoms with Crippen LogP contribution in [-0.4, -0.2) is 34.6 Å². The summed E-state index contributed by atoms with van der Waals surface area (Å²) in [5.41, 5.74) is 3.71. The Balaban J connectivity index is 1.51. The van der Waals surface area contributed by atoms with E-state index in [1.165, 1.54) is 0 Å². The summed E-state index contributed by atoms with van der Waals surface area (Å²) in [7, 11) is 1.61. The van der Waals surface area contributed by atoms with Crippen molar-refractivity contribution in [3.8, 4) is 17.0 Å². The van der Waals surface area contributed by atoms with Crippen molar-refractivity contribution in [2.45, 2.75) is 38.1 Å². The number of carboxylic acids is 1. The van der Waals surface area contributed by atoms with Crippen LogP contribution < -0.4 is 10.1 Å². The minimum absolute atomic E-state index is 0.203. The monoisotopic (exact) mass is 596 g/mol. The summed E-state index contributed by atoms with van der Waals surface area (Å²) >= 11 is 3.57. The number of hydrogen-bond donors (Lipinski definition) is 2. The molecule has 0 spiro atoms. The van der Waals surface area contributed by atoms with Gasteiger partial charge in [-0.25, -0.2) is 4.98 Å². The van der Waals surface area contributed by atoms with E-state index in [9.17, 15) is 14.7 Å². The fraction of sp³-hybridized carbons (Fsp3) is 0.242. The average molecular weight is 598 g/mol. The molecule has 1 heterocycles.